The fourth-order valence-corrected chi connectivity index (χ4v) is 2.01. The van der Waals surface area contributed by atoms with Gasteiger partial charge in [0.05, 0.1) is 6.10 Å². The topological polar surface area (TPSA) is 75.6 Å². The highest BCUT2D eigenvalue weighted by molar-refractivity contribution is 6.04. The van der Waals surface area contributed by atoms with Crippen molar-refractivity contribution in [2.24, 2.45) is 5.41 Å². The molecule has 90 valence electrons. The van der Waals surface area contributed by atoms with Crippen molar-refractivity contribution in [3.8, 4) is 0 Å². The molecule has 1 aliphatic heterocycles. The van der Waals surface area contributed by atoms with Crippen molar-refractivity contribution in [3.05, 3.63) is 0 Å². The Morgan fingerprint density at radius 1 is 1.38 bits per heavy atom. The van der Waals surface area contributed by atoms with Crippen LogP contribution in [0.1, 0.15) is 32.1 Å². The van der Waals surface area contributed by atoms with Gasteiger partial charge in [0.25, 0.3) is 0 Å². The average Bonchev–Trinajstić information content (AvgIpc) is 3.08. The summed E-state index contributed by atoms with van der Waals surface area (Å²) < 4.78 is 5.46. The first-order valence-electron chi connectivity index (χ1n) is 5.78. The highest BCUT2D eigenvalue weighted by atomic mass is 16.5. The molecule has 5 heteroatoms. The molecule has 2 fully saturated rings. The maximum Gasteiger partial charge on any atom is 0.319 e. The second-order valence-corrected chi connectivity index (χ2v) is 4.59. The zero-order chi connectivity index (χ0) is 11.6. The number of rotatable bonds is 4. The van der Waals surface area contributed by atoms with Crippen LogP contribution in [0, 0.1) is 5.41 Å². The van der Waals surface area contributed by atoms with Crippen LogP contribution in [-0.4, -0.2) is 36.2 Å². The molecule has 0 spiro atoms. The predicted molar refractivity (Wildman–Crippen MR) is 55.9 cm³/mol. The molecule has 1 unspecified atom stereocenters. The fraction of sp³-hybridized carbons (Fsp3) is 0.818. The zero-order valence-electron chi connectivity index (χ0n) is 9.20. The Morgan fingerprint density at radius 2 is 2.12 bits per heavy atom. The number of carbonyl (C=O) groups excluding carboxylic acids is 1. The number of amides is 1. The summed E-state index contributed by atoms with van der Waals surface area (Å²) >= 11 is 0. The lowest BCUT2D eigenvalue weighted by Gasteiger charge is -2.23. The Hall–Kier alpha value is -1.10. The summed E-state index contributed by atoms with van der Waals surface area (Å²) in [6, 6.07) is 0. The van der Waals surface area contributed by atoms with Crippen LogP contribution in [0.3, 0.4) is 0 Å². The first-order valence-corrected chi connectivity index (χ1v) is 5.78. The van der Waals surface area contributed by atoms with E-state index >= 15 is 0 Å². The maximum absolute atomic E-state index is 11.7. The van der Waals surface area contributed by atoms with Crippen molar-refractivity contribution in [2.45, 2.75) is 38.2 Å². The van der Waals surface area contributed by atoms with Gasteiger partial charge >= 0.3 is 5.97 Å². The third-order valence-electron chi connectivity index (χ3n) is 3.36. The lowest BCUT2D eigenvalue weighted by atomic mass is 10.1. The molecule has 2 N–H and O–H groups in total. The van der Waals surface area contributed by atoms with Crippen LogP contribution < -0.4 is 5.32 Å². The molecule has 1 aliphatic carbocycles. The number of nitrogens with one attached hydrogen (secondary N) is 1. The van der Waals surface area contributed by atoms with Crippen molar-refractivity contribution in [3.63, 3.8) is 0 Å². The fourth-order valence-electron chi connectivity index (χ4n) is 2.01. The summed E-state index contributed by atoms with van der Waals surface area (Å²) in [6.07, 6.45) is 4.11. The molecule has 1 atom stereocenters. The van der Waals surface area contributed by atoms with E-state index in [4.69, 9.17) is 9.84 Å². The molecule has 1 heterocycles. The van der Waals surface area contributed by atoms with E-state index in [1.54, 1.807) is 0 Å². The van der Waals surface area contributed by atoms with E-state index in [0.29, 0.717) is 19.4 Å². The zero-order valence-corrected chi connectivity index (χ0v) is 9.20. The van der Waals surface area contributed by atoms with Crippen molar-refractivity contribution in [1.82, 2.24) is 5.32 Å². The summed E-state index contributed by atoms with van der Waals surface area (Å²) in [7, 11) is 0. The lowest BCUT2D eigenvalue weighted by molar-refractivity contribution is -0.149. The first-order chi connectivity index (χ1) is 7.65. The Bertz CT molecular complexity index is 292. The van der Waals surface area contributed by atoms with E-state index in [9.17, 15) is 9.59 Å². The molecule has 0 aromatic rings. The van der Waals surface area contributed by atoms with Gasteiger partial charge in [-0.05, 0) is 32.1 Å². The second kappa shape index (κ2) is 4.41. The Kier molecular flexibility index (Phi) is 3.14. The minimum atomic E-state index is -1.13. The van der Waals surface area contributed by atoms with Gasteiger partial charge in [-0.1, -0.05) is 0 Å². The van der Waals surface area contributed by atoms with Crippen molar-refractivity contribution in [1.29, 1.82) is 0 Å². The monoisotopic (exact) mass is 227 g/mol. The molecule has 2 rings (SSSR count). The van der Waals surface area contributed by atoms with Crippen LogP contribution in [0.25, 0.3) is 0 Å². The summed E-state index contributed by atoms with van der Waals surface area (Å²) in [5.41, 5.74) is -1.13. The number of carbonyl (C=O) groups is 2. The standard InChI is InChI=1S/C11H17NO4/c13-9(11(4-5-11)10(14)15)12-7-8-3-1-2-6-16-8/h8H,1-7H2,(H,12,13)(H,14,15). The van der Waals surface area contributed by atoms with Gasteiger partial charge in [0.15, 0.2) is 0 Å². The average molecular weight is 227 g/mol. The van der Waals surface area contributed by atoms with Crippen LogP contribution in [0.5, 0.6) is 0 Å². The molecule has 1 amide bonds. The molecule has 5 nitrogen and oxygen atoms in total. The second-order valence-electron chi connectivity index (χ2n) is 4.59. The highest BCUT2D eigenvalue weighted by Gasteiger charge is 2.57. The normalized spacial score (nSPS) is 27.1. The summed E-state index contributed by atoms with van der Waals surface area (Å²) in [5.74, 6) is -1.36. The van der Waals surface area contributed by atoms with Crippen molar-refractivity contribution in [2.75, 3.05) is 13.2 Å². The van der Waals surface area contributed by atoms with Crippen LogP contribution in [0.2, 0.25) is 0 Å². The summed E-state index contributed by atoms with van der Waals surface area (Å²) in [6.45, 7) is 1.18. The van der Waals surface area contributed by atoms with E-state index in [1.807, 2.05) is 0 Å². The van der Waals surface area contributed by atoms with E-state index < -0.39 is 11.4 Å². The number of ether oxygens (including phenoxy) is 1. The number of aliphatic carboxylic acids is 1. The number of carboxylic acid groups (broad SMARTS) is 1. The van der Waals surface area contributed by atoms with Crippen LogP contribution in [0.15, 0.2) is 0 Å². The molecule has 2 aliphatic rings. The van der Waals surface area contributed by atoms with Gasteiger partial charge in [0.1, 0.15) is 5.41 Å². The quantitative estimate of drug-likeness (QED) is 0.687. The first kappa shape index (κ1) is 11.4. The lowest BCUT2D eigenvalue weighted by Crippen LogP contribution is -2.42. The van der Waals surface area contributed by atoms with E-state index in [1.165, 1.54) is 0 Å². The van der Waals surface area contributed by atoms with Gasteiger partial charge in [-0.25, -0.2) is 0 Å². The van der Waals surface area contributed by atoms with Gasteiger partial charge in [0.2, 0.25) is 5.91 Å². The third kappa shape index (κ3) is 2.19. The van der Waals surface area contributed by atoms with Crippen LogP contribution >= 0.6 is 0 Å². The van der Waals surface area contributed by atoms with Gasteiger partial charge in [-0.3, -0.25) is 9.59 Å². The van der Waals surface area contributed by atoms with Gasteiger partial charge in [-0.15, -0.1) is 0 Å². The molecule has 1 saturated heterocycles. The molecule has 16 heavy (non-hydrogen) atoms. The Labute approximate surface area is 94.2 Å². The summed E-state index contributed by atoms with van der Waals surface area (Å²) in [5, 5.41) is 11.6. The molecule has 0 bridgehead atoms. The minimum Gasteiger partial charge on any atom is -0.480 e. The Balaban J connectivity index is 1.77. The molecule has 1 saturated carbocycles. The van der Waals surface area contributed by atoms with E-state index in [2.05, 4.69) is 5.32 Å². The number of hydrogen-bond acceptors (Lipinski definition) is 3. The van der Waals surface area contributed by atoms with Crippen molar-refractivity contribution < 1.29 is 19.4 Å². The molecule has 0 aromatic heterocycles. The van der Waals surface area contributed by atoms with Gasteiger partial charge in [-0.2, -0.15) is 0 Å². The SMILES string of the molecule is O=C(O)C1(C(=O)NCC2CCCCO2)CC1. The van der Waals surface area contributed by atoms with Crippen LogP contribution in [-0.2, 0) is 14.3 Å². The molecule has 0 radical (unpaired) electrons. The highest BCUT2D eigenvalue weighted by Crippen LogP contribution is 2.46. The number of carboxylic acids is 1. The van der Waals surface area contributed by atoms with E-state index in [-0.39, 0.29) is 12.0 Å². The van der Waals surface area contributed by atoms with E-state index in [0.717, 1.165) is 25.9 Å². The van der Waals surface area contributed by atoms with Gasteiger partial charge in [0, 0.05) is 13.2 Å². The largest absolute Gasteiger partial charge is 0.480 e. The van der Waals surface area contributed by atoms with Gasteiger partial charge < -0.3 is 15.2 Å². The maximum atomic E-state index is 11.7. The van der Waals surface area contributed by atoms with Crippen molar-refractivity contribution >= 4 is 11.9 Å². The summed E-state index contributed by atoms with van der Waals surface area (Å²) in [4.78, 5) is 22.5. The van der Waals surface area contributed by atoms with Crippen LogP contribution in [0.4, 0.5) is 0 Å². The molecule has 0 aromatic carbocycles. The third-order valence-corrected chi connectivity index (χ3v) is 3.36. The smallest absolute Gasteiger partial charge is 0.319 e. The molecular formula is C11H17NO4. The Morgan fingerprint density at radius 3 is 2.62 bits per heavy atom. The predicted octanol–water partition coefficient (Wildman–Crippen LogP) is 0.536. The minimum absolute atomic E-state index is 0.0577. The number of hydrogen-bond donors (Lipinski definition) is 2. The molecular weight excluding hydrogens is 210 g/mol.